The highest BCUT2D eigenvalue weighted by atomic mass is 32.2. The number of sulfonamides is 1. The second-order valence-electron chi connectivity index (χ2n) is 7.05. The lowest BCUT2D eigenvalue weighted by molar-refractivity contribution is -0.120. The van der Waals surface area contributed by atoms with Gasteiger partial charge in [0.15, 0.2) is 0 Å². The van der Waals surface area contributed by atoms with Crippen LogP contribution in [0, 0.1) is 13.8 Å². The minimum atomic E-state index is -3.88. The first-order valence-electron chi connectivity index (χ1n) is 9.41. The van der Waals surface area contributed by atoms with Crippen LogP contribution in [0.5, 0.6) is 0 Å². The molecule has 28 heavy (non-hydrogen) atoms. The van der Waals surface area contributed by atoms with E-state index in [0.717, 1.165) is 24.0 Å². The summed E-state index contributed by atoms with van der Waals surface area (Å²) >= 11 is 0. The smallest absolute Gasteiger partial charge is 0.264 e. The van der Waals surface area contributed by atoms with Gasteiger partial charge in [-0.05, 0) is 50.5 Å². The minimum Gasteiger partial charge on any atom is -0.376 e. The second-order valence-corrected chi connectivity index (χ2v) is 8.91. The molecule has 1 amide bonds. The predicted octanol–water partition coefficient (Wildman–Crippen LogP) is 2.79. The second kappa shape index (κ2) is 8.75. The molecule has 2 aromatic rings. The van der Waals surface area contributed by atoms with E-state index in [-0.39, 0.29) is 23.5 Å². The average molecular weight is 403 g/mol. The van der Waals surface area contributed by atoms with Gasteiger partial charge in [0.1, 0.15) is 6.54 Å². The SMILES string of the molecule is Cc1ccc(S(=O)(=O)N(CC(=O)NC[C@@H]2CCCO2)c2ccccc2C)cc1. The molecule has 1 saturated heterocycles. The fourth-order valence-electron chi connectivity index (χ4n) is 3.20. The summed E-state index contributed by atoms with van der Waals surface area (Å²) in [6.07, 6.45) is 1.89. The molecule has 1 N–H and O–H groups in total. The van der Waals surface area contributed by atoms with Crippen molar-refractivity contribution in [2.45, 2.75) is 37.7 Å². The number of benzene rings is 2. The van der Waals surface area contributed by atoms with E-state index in [2.05, 4.69) is 5.32 Å². The third-order valence-electron chi connectivity index (χ3n) is 4.83. The van der Waals surface area contributed by atoms with Gasteiger partial charge in [-0.25, -0.2) is 8.42 Å². The first kappa shape index (κ1) is 20.4. The number of para-hydroxylation sites is 1. The largest absolute Gasteiger partial charge is 0.376 e. The Morgan fingerprint density at radius 1 is 1.14 bits per heavy atom. The molecular weight excluding hydrogens is 376 g/mol. The average Bonchev–Trinajstić information content (AvgIpc) is 3.19. The summed E-state index contributed by atoms with van der Waals surface area (Å²) in [5.74, 6) is -0.352. The van der Waals surface area contributed by atoms with E-state index in [4.69, 9.17) is 4.74 Å². The number of carbonyl (C=O) groups is 1. The summed E-state index contributed by atoms with van der Waals surface area (Å²) in [7, 11) is -3.88. The van der Waals surface area contributed by atoms with E-state index in [1.807, 2.05) is 26.0 Å². The van der Waals surface area contributed by atoms with Crippen molar-refractivity contribution < 1.29 is 17.9 Å². The Morgan fingerprint density at radius 2 is 1.86 bits per heavy atom. The van der Waals surface area contributed by atoms with Crippen molar-refractivity contribution in [3.8, 4) is 0 Å². The van der Waals surface area contributed by atoms with Gasteiger partial charge in [-0.15, -0.1) is 0 Å². The Kier molecular flexibility index (Phi) is 6.36. The lowest BCUT2D eigenvalue weighted by Crippen LogP contribution is -2.43. The topological polar surface area (TPSA) is 75.7 Å². The fraction of sp³-hybridized carbons (Fsp3) is 0.381. The summed E-state index contributed by atoms with van der Waals surface area (Å²) in [5.41, 5.74) is 2.25. The maximum absolute atomic E-state index is 13.3. The van der Waals surface area contributed by atoms with E-state index in [9.17, 15) is 13.2 Å². The molecule has 0 saturated carbocycles. The number of hydrogen-bond donors (Lipinski definition) is 1. The molecule has 1 fully saturated rings. The number of nitrogens with zero attached hydrogens (tertiary/aromatic N) is 1. The lowest BCUT2D eigenvalue weighted by atomic mass is 10.2. The van der Waals surface area contributed by atoms with Crippen LogP contribution in [0.15, 0.2) is 53.4 Å². The van der Waals surface area contributed by atoms with E-state index in [1.165, 1.54) is 4.31 Å². The van der Waals surface area contributed by atoms with Gasteiger partial charge >= 0.3 is 0 Å². The van der Waals surface area contributed by atoms with Crippen LogP contribution < -0.4 is 9.62 Å². The summed E-state index contributed by atoms with van der Waals surface area (Å²) in [5, 5.41) is 2.81. The molecule has 3 rings (SSSR count). The van der Waals surface area contributed by atoms with Crippen molar-refractivity contribution in [3.05, 3.63) is 59.7 Å². The molecule has 0 aliphatic carbocycles. The zero-order valence-corrected chi connectivity index (χ0v) is 17.0. The minimum absolute atomic E-state index is 0.00423. The van der Waals surface area contributed by atoms with Crippen LogP contribution in [-0.4, -0.2) is 40.1 Å². The van der Waals surface area contributed by atoms with Crippen LogP contribution in [0.3, 0.4) is 0 Å². The summed E-state index contributed by atoms with van der Waals surface area (Å²) in [4.78, 5) is 12.7. The molecule has 0 unspecified atom stereocenters. The third kappa shape index (κ3) is 4.72. The number of amides is 1. The van der Waals surface area contributed by atoms with E-state index in [1.54, 1.807) is 36.4 Å². The highest BCUT2D eigenvalue weighted by Gasteiger charge is 2.28. The monoisotopic (exact) mass is 402 g/mol. The van der Waals surface area contributed by atoms with Gasteiger partial charge in [0, 0.05) is 13.2 Å². The zero-order valence-electron chi connectivity index (χ0n) is 16.2. The van der Waals surface area contributed by atoms with Crippen molar-refractivity contribution in [2.24, 2.45) is 0 Å². The van der Waals surface area contributed by atoms with Gasteiger partial charge < -0.3 is 10.1 Å². The van der Waals surface area contributed by atoms with E-state index >= 15 is 0 Å². The van der Waals surface area contributed by atoms with Gasteiger partial charge in [-0.3, -0.25) is 9.10 Å². The molecular formula is C21H26N2O4S. The van der Waals surface area contributed by atoms with E-state index < -0.39 is 10.0 Å². The highest BCUT2D eigenvalue weighted by molar-refractivity contribution is 7.92. The molecule has 2 aromatic carbocycles. The molecule has 1 atom stereocenters. The zero-order chi connectivity index (χ0) is 20.1. The van der Waals surface area contributed by atoms with Crippen molar-refractivity contribution in [3.63, 3.8) is 0 Å². The molecule has 1 aliphatic rings. The van der Waals surface area contributed by atoms with Gasteiger partial charge in [-0.1, -0.05) is 35.9 Å². The van der Waals surface area contributed by atoms with E-state index in [0.29, 0.717) is 18.8 Å². The Bertz CT molecular complexity index is 920. The Morgan fingerprint density at radius 3 is 2.50 bits per heavy atom. The van der Waals surface area contributed by atoms with Gasteiger partial charge in [0.25, 0.3) is 10.0 Å². The standard InChI is InChI=1S/C21H26N2O4S/c1-16-9-11-19(12-10-16)28(25,26)23(20-8-4-3-6-17(20)2)15-21(24)22-14-18-7-5-13-27-18/h3-4,6,8-12,18H,5,7,13-15H2,1-2H3,(H,22,24)/t18-/m0/s1. The van der Waals surface area contributed by atoms with Crippen LogP contribution in [0.25, 0.3) is 0 Å². The molecule has 0 bridgehead atoms. The number of nitrogens with one attached hydrogen (secondary N) is 1. The summed E-state index contributed by atoms with van der Waals surface area (Å²) < 4.78 is 33.3. The normalized spacial score (nSPS) is 16.7. The van der Waals surface area contributed by atoms with Crippen LogP contribution >= 0.6 is 0 Å². The van der Waals surface area contributed by atoms with Gasteiger partial charge in [0.05, 0.1) is 16.7 Å². The number of rotatable bonds is 7. The maximum atomic E-state index is 13.3. The van der Waals surface area contributed by atoms with Gasteiger partial charge in [0.2, 0.25) is 5.91 Å². The van der Waals surface area contributed by atoms with Crippen LogP contribution in [0.2, 0.25) is 0 Å². The molecule has 0 aromatic heterocycles. The summed E-state index contributed by atoms with van der Waals surface area (Å²) in [6, 6.07) is 13.8. The number of hydrogen-bond acceptors (Lipinski definition) is 4. The quantitative estimate of drug-likeness (QED) is 0.773. The number of carbonyl (C=O) groups excluding carboxylic acids is 1. The van der Waals surface area contributed by atoms with Crippen molar-refractivity contribution in [1.82, 2.24) is 5.32 Å². The lowest BCUT2D eigenvalue weighted by Gasteiger charge is -2.26. The molecule has 150 valence electrons. The molecule has 6 nitrogen and oxygen atoms in total. The Balaban J connectivity index is 1.86. The molecule has 1 aliphatic heterocycles. The highest BCUT2D eigenvalue weighted by Crippen LogP contribution is 2.26. The number of aryl methyl sites for hydroxylation is 2. The Labute approximate surface area is 166 Å². The van der Waals surface area contributed by atoms with Crippen molar-refractivity contribution in [2.75, 3.05) is 24.0 Å². The summed E-state index contributed by atoms with van der Waals surface area (Å²) in [6.45, 7) is 4.54. The molecule has 7 heteroatoms. The fourth-order valence-corrected chi connectivity index (χ4v) is 4.69. The van der Waals surface area contributed by atoms with Crippen LogP contribution in [-0.2, 0) is 19.6 Å². The van der Waals surface area contributed by atoms with Crippen molar-refractivity contribution in [1.29, 1.82) is 0 Å². The number of ether oxygens (including phenoxy) is 1. The van der Waals surface area contributed by atoms with Crippen LogP contribution in [0.4, 0.5) is 5.69 Å². The maximum Gasteiger partial charge on any atom is 0.264 e. The first-order valence-corrected chi connectivity index (χ1v) is 10.9. The molecule has 0 spiro atoms. The van der Waals surface area contributed by atoms with Crippen LogP contribution in [0.1, 0.15) is 24.0 Å². The molecule has 1 heterocycles. The third-order valence-corrected chi connectivity index (χ3v) is 6.61. The predicted molar refractivity (Wildman–Crippen MR) is 109 cm³/mol. The van der Waals surface area contributed by atoms with Crippen molar-refractivity contribution >= 4 is 21.6 Å². The Hall–Kier alpha value is -2.38. The van der Waals surface area contributed by atoms with Gasteiger partial charge in [-0.2, -0.15) is 0 Å². The molecule has 0 radical (unpaired) electrons. The first-order chi connectivity index (χ1) is 13.4. The number of anilines is 1.